The molecule has 1 saturated heterocycles. The monoisotopic (exact) mass is 532 g/mol. The van der Waals surface area contributed by atoms with Gasteiger partial charge in [0, 0.05) is 25.0 Å². The number of aliphatic hydroxyl groups is 5. The predicted octanol–water partition coefficient (Wildman–Crippen LogP) is 2.82. The summed E-state index contributed by atoms with van der Waals surface area (Å²) in [5.74, 6) is 0.174. The molecule has 0 unspecified atom stereocenters. The lowest BCUT2D eigenvalue weighted by Crippen LogP contribution is -2.51. The highest BCUT2D eigenvalue weighted by molar-refractivity contribution is 8.00. The van der Waals surface area contributed by atoms with E-state index in [-0.39, 0.29) is 30.2 Å². The lowest BCUT2D eigenvalue weighted by atomic mass is 9.87. The summed E-state index contributed by atoms with van der Waals surface area (Å²) in [6.07, 6.45) is -0.918. The number of aliphatic hydroxyl groups excluding tert-OH is 5. The van der Waals surface area contributed by atoms with Crippen molar-refractivity contribution in [3.05, 3.63) is 64.2 Å². The average molecular weight is 533 g/mol. The minimum absolute atomic E-state index is 0.00344. The number of carbonyl (C=O) groups excluding carboxylic acids is 1. The van der Waals surface area contributed by atoms with Crippen molar-refractivity contribution in [2.24, 2.45) is 5.41 Å². The molecule has 2 aromatic carbocycles. The minimum Gasteiger partial charge on any atom is -0.508 e. The van der Waals surface area contributed by atoms with Crippen LogP contribution in [-0.4, -0.2) is 73.2 Å². The number of rotatable bonds is 11. The van der Waals surface area contributed by atoms with Gasteiger partial charge in [0.25, 0.3) is 0 Å². The number of phenols is 1. The molecule has 8 heteroatoms. The van der Waals surface area contributed by atoms with Gasteiger partial charge in [-0.25, -0.2) is 0 Å². The highest BCUT2D eigenvalue weighted by Crippen LogP contribution is 2.46. The molecular weight excluding hydrogens is 492 g/mol. The van der Waals surface area contributed by atoms with E-state index in [1.54, 1.807) is 6.07 Å². The largest absolute Gasteiger partial charge is 0.508 e. The van der Waals surface area contributed by atoms with Crippen molar-refractivity contribution in [3.8, 4) is 5.75 Å². The predicted molar refractivity (Wildman–Crippen MR) is 145 cm³/mol. The molecule has 0 amide bonds. The van der Waals surface area contributed by atoms with E-state index in [0.29, 0.717) is 24.8 Å². The Labute approximate surface area is 223 Å². The van der Waals surface area contributed by atoms with Crippen LogP contribution in [0.3, 0.4) is 0 Å². The Balaban J connectivity index is 1.66. The van der Waals surface area contributed by atoms with E-state index >= 15 is 0 Å². The topological polar surface area (TPSA) is 138 Å². The second kappa shape index (κ2) is 12.7. The number of Topliss-reactive ketones (excluding diaryl/α,β-unsaturated/α-hetero) is 1. The summed E-state index contributed by atoms with van der Waals surface area (Å²) in [4.78, 5) is 12.2. The molecule has 1 heterocycles. The van der Waals surface area contributed by atoms with Crippen LogP contribution in [0, 0.1) is 12.3 Å². The van der Waals surface area contributed by atoms with E-state index in [1.807, 2.05) is 39.0 Å². The summed E-state index contributed by atoms with van der Waals surface area (Å²) in [7, 11) is 0. The molecule has 0 aromatic heterocycles. The summed E-state index contributed by atoms with van der Waals surface area (Å²) in [5, 5.41) is 59.2. The molecule has 7 nitrogen and oxygen atoms in total. The molecule has 1 fully saturated rings. The molecule has 1 aliphatic rings. The van der Waals surface area contributed by atoms with Gasteiger partial charge in [0.1, 0.15) is 17.6 Å². The van der Waals surface area contributed by atoms with Crippen LogP contribution in [-0.2, 0) is 17.6 Å². The smallest absolute Gasteiger partial charge is 0.133 e. The van der Waals surface area contributed by atoms with Crippen LogP contribution in [0.2, 0.25) is 0 Å². The van der Waals surface area contributed by atoms with Gasteiger partial charge in [0.05, 0.1) is 29.3 Å². The molecule has 0 spiro atoms. The van der Waals surface area contributed by atoms with Crippen molar-refractivity contribution >= 4 is 17.5 Å². The molecular formula is C29H40O7S. The van der Waals surface area contributed by atoms with Crippen LogP contribution in [0.25, 0.3) is 0 Å². The lowest BCUT2D eigenvalue weighted by molar-refractivity contribution is -0.121. The molecule has 0 bridgehead atoms. The number of aromatic hydroxyl groups is 1. The van der Waals surface area contributed by atoms with E-state index in [9.17, 15) is 35.4 Å². The number of ketones is 1. The van der Waals surface area contributed by atoms with Gasteiger partial charge in [-0.3, -0.25) is 4.79 Å². The Hall–Kier alpha value is -1.94. The summed E-state index contributed by atoms with van der Waals surface area (Å²) < 4.78 is 0. The Morgan fingerprint density at radius 2 is 1.62 bits per heavy atom. The Bertz CT molecular complexity index is 1050. The number of aryl methyl sites for hydroxylation is 2. The molecule has 37 heavy (non-hydrogen) atoms. The van der Waals surface area contributed by atoms with E-state index < -0.39 is 28.8 Å². The molecule has 3 rings (SSSR count). The fraction of sp³-hybridized carbons (Fsp3) is 0.552. The number of benzene rings is 2. The minimum atomic E-state index is -1.42. The Morgan fingerprint density at radius 1 is 0.973 bits per heavy atom. The SMILES string of the molecule is Cc1cc(O)c([C@@H]2S[C@H](CO)[C@@H](O)[C@H](O)[C@H]2O)cc1Cc1ccc(CCCC(=O)CC(C)(C)CO)cc1. The number of carbonyl (C=O) groups is 1. The zero-order valence-electron chi connectivity index (χ0n) is 21.8. The van der Waals surface area contributed by atoms with Gasteiger partial charge in [-0.15, -0.1) is 11.8 Å². The van der Waals surface area contributed by atoms with E-state index in [0.717, 1.165) is 46.9 Å². The normalized spacial score (nSPS) is 24.3. The van der Waals surface area contributed by atoms with Crippen LogP contribution in [0.4, 0.5) is 0 Å². The Morgan fingerprint density at radius 3 is 2.24 bits per heavy atom. The fourth-order valence-electron chi connectivity index (χ4n) is 4.74. The first kappa shape index (κ1) is 29.6. The van der Waals surface area contributed by atoms with Crippen LogP contribution < -0.4 is 0 Å². The van der Waals surface area contributed by atoms with Gasteiger partial charge in [-0.1, -0.05) is 44.2 Å². The second-order valence-corrected chi connectivity index (χ2v) is 12.4. The van der Waals surface area contributed by atoms with Gasteiger partial charge in [-0.05, 0) is 59.9 Å². The highest BCUT2D eigenvalue weighted by Gasteiger charge is 2.44. The third-order valence-corrected chi connectivity index (χ3v) is 8.73. The summed E-state index contributed by atoms with van der Waals surface area (Å²) in [6, 6.07) is 11.7. The summed E-state index contributed by atoms with van der Waals surface area (Å²) in [5.41, 5.74) is 4.17. The van der Waals surface area contributed by atoms with Crippen molar-refractivity contribution in [2.75, 3.05) is 13.2 Å². The van der Waals surface area contributed by atoms with Gasteiger partial charge >= 0.3 is 0 Å². The maximum absolute atomic E-state index is 12.2. The molecule has 2 aromatic rings. The summed E-state index contributed by atoms with van der Waals surface area (Å²) in [6.45, 7) is 5.32. The Kier molecular flexibility index (Phi) is 10.2. The maximum Gasteiger partial charge on any atom is 0.133 e. The van der Waals surface area contributed by atoms with Crippen LogP contribution in [0.15, 0.2) is 36.4 Å². The zero-order chi connectivity index (χ0) is 27.3. The van der Waals surface area contributed by atoms with Crippen molar-refractivity contribution in [2.45, 2.75) is 81.7 Å². The quantitative estimate of drug-likeness (QED) is 0.260. The maximum atomic E-state index is 12.2. The number of phenolic OH excluding ortho intramolecular Hbond substituents is 1. The molecule has 0 radical (unpaired) electrons. The average Bonchev–Trinajstić information content (AvgIpc) is 2.85. The number of thioether (sulfide) groups is 1. The highest BCUT2D eigenvalue weighted by atomic mass is 32.2. The first-order valence-electron chi connectivity index (χ1n) is 12.8. The van der Waals surface area contributed by atoms with Gasteiger partial charge in [0.2, 0.25) is 0 Å². The van der Waals surface area contributed by atoms with Crippen molar-refractivity contribution in [1.29, 1.82) is 0 Å². The van der Waals surface area contributed by atoms with Crippen LogP contribution >= 0.6 is 11.8 Å². The molecule has 204 valence electrons. The molecule has 6 N–H and O–H groups in total. The second-order valence-electron chi connectivity index (χ2n) is 11.0. The van der Waals surface area contributed by atoms with E-state index in [4.69, 9.17) is 0 Å². The lowest BCUT2D eigenvalue weighted by Gasteiger charge is -2.40. The van der Waals surface area contributed by atoms with Crippen LogP contribution in [0.1, 0.15) is 66.2 Å². The van der Waals surface area contributed by atoms with Crippen molar-refractivity contribution < 1.29 is 35.4 Å². The van der Waals surface area contributed by atoms with Crippen molar-refractivity contribution in [3.63, 3.8) is 0 Å². The molecule has 0 saturated carbocycles. The third-order valence-electron chi connectivity index (χ3n) is 7.13. The number of hydrogen-bond acceptors (Lipinski definition) is 8. The molecule has 1 aliphatic heterocycles. The fourth-order valence-corrected chi connectivity index (χ4v) is 6.19. The first-order valence-corrected chi connectivity index (χ1v) is 13.7. The van der Waals surface area contributed by atoms with E-state index in [2.05, 4.69) is 12.1 Å². The molecule has 0 aliphatic carbocycles. The van der Waals surface area contributed by atoms with Gasteiger partial charge in [-0.2, -0.15) is 0 Å². The van der Waals surface area contributed by atoms with E-state index in [1.165, 1.54) is 0 Å². The summed E-state index contributed by atoms with van der Waals surface area (Å²) >= 11 is 1.15. The van der Waals surface area contributed by atoms with Gasteiger partial charge < -0.3 is 30.6 Å². The van der Waals surface area contributed by atoms with Gasteiger partial charge in [0.15, 0.2) is 0 Å². The standard InChI is InChI=1S/C29H40O7S/c1-17-11-23(33)22(28-27(36)26(35)25(34)24(15-30)37-28)13-20(17)12-19-9-7-18(8-10-19)5-4-6-21(32)14-29(2,3)16-31/h7-11,13,24-28,30-31,33-36H,4-6,12,14-16H2,1-3H3/t24-,25-,26+,27-,28+/m1/s1. The first-order chi connectivity index (χ1) is 17.5. The molecule has 5 atom stereocenters. The zero-order valence-corrected chi connectivity index (χ0v) is 22.6. The van der Waals surface area contributed by atoms with Crippen molar-refractivity contribution in [1.82, 2.24) is 0 Å². The number of hydrogen-bond donors (Lipinski definition) is 6. The third kappa shape index (κ3) is 7.56. The van der Waals surface area contributed by atoms with Crippen LogP contribution in [0.5, 0.6) is 5.75 Å².